The molecule has 0 amide bonds. The van der Waals surface area contributed by atoms with Gasteiger partial charge in [0, 0.05) is 24.4 Å². The molecule has 0 aromatic carbocycles. The maximum atomic E-state index is 11.7. The van der Waals surface area contributed by atoms with Crippen molar-refractivity contribution in [1.82, 2.24) is 4.98 Å². The molecule has 1 aromatic heterocycles. The number of rotatable bonds is 7. The maximum absolute atomic E-state index is 11.7. The minimum atomic E-state index is -1.99. The van der Waals surface area contributed by atoms with E-state index in [-0.39, 0.29) is 12.3 Å². The number of aliphatic hydroxyl groups is 1. The van der Waals surface area contributed by atoms with E-state index in [9.17, 15) is 15.0 Å². The number of nitrogens with two attached hydrogens (primary N) is 1. The average molecular weight is 334 g/mol. The summed E-state index contributed by atoms with van der Waals surface area (Å²) in [5.74, 6) is -0.541. The zero-order chi connectivity index (χ0) is 17.9. The molecule has 4 N–H and O–H groups in total. The Morgan fingerprint density at radius 1 is 1.42 bits per heavy atom. The fraction of sp³-hybridized carbons (Fsp3) is 0.684. The molecule has 0 radical (unpaired) electrons. The Hall–Kier alpha value is -1.46. The van der Waals surface area contributed by atoms with E-state index in [1.807, 2.05) is 26.8 Å². The van der Waals surface area contributed by atoms with Gasteiger partial charge in [-0.2, -0.15) is 0 Å². The van der Waals surface area contributed by atoms with Gasteiger partial charge in [0.15, 0.2) is 5.60 Å². The standard InChI is InChI=1S/C19H30N2O3/c1-12(2)8-17(20)19(24,18(22)23)10-15-9-16(13(3)11-21-15)14-6-4-5-7-14/h9,11-12,14,17,24H,4-8,10,20H2,1-3H3,(H,22,23)/t17-,19+/m0/s1. The third-order valence-corrected chi connectivity index (χ3v) is 5.16. The maximum Gasteiger partial charge on any atom is 0.337 e. The summed E-state index contributed by atoms with van der Waals surface area (Å²) >= 11 is 0. The topological polar surface area (TPSA) is 96.4 Å². The Balaban J connectivity index is 2.26. The summed E-state index contributed by atoms with van der Waals surface area (Å²) in [7, 11) is 0. The van der Waals surface area contributed by atoms with Crippen LogP contribution in [0.3, 0.4) is 0 Å². The van der Waals surface area contributed by atoms with Crippen molar-refractivity contribution in [2.24, 2.45) is 11.7 Å². The lowest BCUT2D eigenvalue weighted by molar-refractivity contribution is -0.161. The molecule has 0 spiro atoms. The molecule has 24 heavy (non-hydrogen) atoms. The van der Waals surface area contributed by atoms with E-state index in [4.69, 9.17) is 5.73 Å². The average Bonchev–Trinajstić information content (AvgIpc) is 3.02. The number of carbonyl (C=O) groups is 1. The number of carboxylic acids is 1. The van der Waals surface area contributed by atoms with Crippen LogP contribution < -0.4 is 5.73 Å². The number of nitrogens with zero attached hydrogens (tertiary/aromatic N) is 1. The Bertz CT molecular complexity index is 582. The number of hydrogen-bond acceptors (Lipinski definition) is 4. The van der Waals surface area contributed by atoms with Crippen molar-refractivity contribution in [2.45, 2.75) is 76.9 Å². The second kappa shape index (κ2) is 7.62. The lowest BCUT2D eigenvalue weighted by Crippen LogP contribution is -2.56. The van der Waals surface area contributed by atoms with Crippen molar-refractivity contribution in [2.75, 3.05) is 0 Å². The third kappa shape index (κ3) is 4.14. The second-order valence-electron chi connectivity index (χ2n) is 7.66. The zero-order valence-electron chi connectivity index (χ0n) is 15.0. The quantitative estimate of drug-likeness (QED) is 0.712. The van der Waals surface area contributed by atoms with Crippen LogP contribution in [0.1, 0.15) is 68.7 Å². The molecule has 5 nitrogen and oxygen atoms in total. The lowest BCUT2D eigenvalue weighted by atomic mass is 9.84. The van der Waals surface area contributed by atoms with Crippen LogP contribution >= 0.6 is 0 Å². The van der Waals surface area contributed by atoms with Crippen LogP contribution in [-0.4, -0.2) is 32.8 Å². The predicted octanol–water partition coefficient (Wildman–Crippen LogP) is 2.78. The molecule has 1 heterocycles. The van der Waals surface area contributed by atoms with Gasteiger partial charge in [0.1, 0.15) is 0 Å². The second-order valence-corrected chi connectivity index (χ2v) is 7.66. The number of aromatic nitrogens is 1. The van der Waals surface area contributed by atoms with Crippen LogP contribution in [0.15, 0.2) is 12.3 Å². The number of aryl methyl sites for hydroxylation is 1. The Kier molecular flexibility index (Phi) is 5.99. The van der Waals surface area contributed by atoms with Crippen LogP contribution in [0.2, 0.25) is 0 Å². The molecule has 1 aliphatic rings. The van der Waals surface area contributed by atoms with Crippen LogP contribution in [0.25, 0.3) is 0 Å². The number of aliphatic carboxylic acids is 1. The predicted molar refractivity (Wildman–Crippen MR) is 93.9 cm³/mol. The molecule has 2 atom stereocenters. The van der Waals surface area contributed by atoms with Gasteiger partial charge in [-0.3, -0.25) is 4.98 Å². The minimum absolute atomic E-state index is 0.0593. The summed E-state index contributed by atoms with van der Waals surface area (Å²) in [6, 6.07) is 1.15. The van der Waals surface area contributed by atoms with Crippen molar-refractivity contribution in [3.63, 3.8) is 0 Å². The first-order chi connectivity index (χ1) is 11.2. The first-order valence-electron chi connectivity index (χ1n) is 8.90. The van der Waals surface area contributed by atoms with Crippen LogP contribution in [0.4, 0.5) is 0 Å². The highest BCUT2D eigenvalue weighted by Crippen LogP contribution is 2.36. The zero-order valence-corrected chi connectivity index (χ0v) is 15.0. The third-order valence-electron chi connectivity index (χ3n) is 5.16. The Morgan fingerprint density at radius 3 is 2.58 bits per heavy atom. The van der Waals surface area contributed by atoms with Crippen LogP contribution in [0.5, 0.6) is 0 Å². The van der Waals surface area contributed by atoms with Crippen molar-refractivity contribution in [1.29, 1.82) is 0 Å². The number of carboxylic acid groups (broad SMARTS) is 1. The molecule has 134 valence electrons. The fourth-order valence-corrected chi connectivity index (χ4v) is 3.70. The summed E-state index contributed by atoms with van der Waals surface area (Å²) in [5.41, 5.74) is 7.02. The molecule has 1 aliphatic carbocycles. The van der Waals surface area contributed by atoms with Gasteiger partial charge in [-0.15, -0.1) is 0 Å². The van der Waals surface area contributed by atoms with E-state index < -0.39 is 17.6 Å². The van der Waals surface area contributed by atoms with Crippen molar-refractivity contribution in [3.05, 3.63) is 29.1 Å². The van der Waals surface area contributed by atoms with E-state index in [2.05, 4.69) is 4.98 Å². The molecule has 0 bridgehead atoms. The van der Waals surface area contributed by atoms with Crippen LogP contribution in [0, 0.1) is 12.8 Å². The smallest absolute Gasteiger partial charge is 0.337 e. The van der Waals surface area contributed by atoms with Gasteiger partial charge in [0.25, 0.3) is 0 Å². The highest BCUT2D eigenvalue weighted by atomic mass is 16.4. The highest BCUT2D eigenvalue weighted by Gasteiger charge is 2.43. The molecular formula is C19H30N2O3. The van der Waals surface area contributed by atoms with Gasteiger partial charge in [0.2, 0.25) is 0 Å². The summed E-state index contributed by atoms with van der Waals surface area (Å²) in [4.78, 5) is 16.1. The van der Waals surface area contributed by atoms with Gasteiger partial charge in [-0.05, 0) is 55.2 Å². The largest absolute Gasteiger partial charge is 0.479 e. The summed E-state index contributed by atoms with van der Waals surface area (Å²) in [5, 5.41) is 20.3. The SMILES string of the molecule is Cc1cnc(C[C@](O)(C(=O)O)[C@@H](N)CC(C)C)cc1C1CCCC1. The molecule has 1 saturated carbocycles. The molecule has 0 saturated heterocycles. The first kappa shape index (κ1) is 18.9. The fourth-order valence-electron chi connectivity index (χ4n) is 3.70. The summed E-state index contributed by atoms with van der Waals surface area (Å²) in [6.07, 6.45) is 6.99. The number of pyridine rings is 1. The van der Waals surface area contributed by atoms with Crippen molar-refractivity contribution < 1.29 is 15.0 Å². The molecule has 5 heteroatoms. The minimum Gasteiger partial charge on any atom is -0.479 e. The van der Waals surface area contributed by atoms with Crippen molar-refractivity contribution in [3.8, 4) is 0 Å². The Labute approximate surface area is 144 Å². The molecular weight excluding hydrogens is 304 g/mol. The van der Waals surface area contributed by atoms with Gasteiger partial charge in [-0.1, -0.05) is 26.7 Å². The van der Waals surface area contributed by atoms with Gasteiger partial charge < -0.3 is 15.9 Å². The highest BCUT2D eigenvalue weighted by molar-refractivity contribution is 5.78. The first-order valence-corrected chi connectivity index (χ1v) is 8.90. The summed E-state index contributed by atoms with van der Waals surface area (Å²) in [6.45, 7) is 5.97. The normalized spacial score (nSPS) is 19.4. The van der Waals surface area contributed by atoms with Gasteiger partial charge in [-0.25, -0.2) is 4.79 Å². The van der Waals surface area contributed by atoms with Crippen LogP contribution in [-0.2, 0) is 11.2 Å². The molecule has 1 fully saturated rings. The molecule has 1 aromatic rings. The Morgan fingerprint density at radius 2 is 2.04 bits per heavy atom. The monoisotopic (exact) mass is 334 g/mol. The molecule has 0 aliphatic heterocycles. The number of hydrogen-bond donors (Lipinski definition) is 3. The van der Waals surface area contributed by atoms with Crippen molar-refractivity contribution >= 4 is 5.97 Å². The van der Waals surface area contributed by atoms with E-state index in [0.29, 0.717) is 18.0 Å². The van der Waals surface area contributed by atoms with Gasteiger partial charge in [0.05, 0.1) is 0 Å². The lowest BCUT2D eigenvalue weighted by Gasteiger charge is -2.31. The molecule has 2 rings (SSSR count). The van der Waals surface area contributed by atoms with E-state index in [1.54, 1.807) is 6.20 Å². The molecule has 0 unspecified atom stereocenters. The van der Waals surface area contributed by atoms with Gasteiger partial charge >= 0.3 is 5.97 Å². The van der Waals surface area contributed by atoms with E-state index in [0.717, 1.165) is 5.56 Å². The summed E-state index contributed by atoms with van der Waals surface area (Å²) < 4.78 is 0. The van der Waals surface area contributed by atoms with E-state index in [1.165, 1.54) is 31.2 Å². The van der Waals surface area contributed by atoms with E-state index >= 15 is 0 Å².